The molecule has 1 aliphatic rings. The molecule has 27 heavy (non-hydrogen) atoms. The molecule has 3 rings (SSSR count). The van der Waals surface area contributed by atoms with Crippen molar-refractivity contribution in [3.63, 3.8) is 0 Å². The summed E-state index contributed by atoms with van der Waals surface area (Å²) in [6, 6.07) is 17.3. The van der Waals surface area contributed by atoms with Gasteiger partial charge in [-0.2, -0.15) is 0 Å². The van der Waals surface area contributed by atoms with E-state index in [1.165, 1.54) is 22.3 Å². The van der Waals surface area contributed by atoms with E-state index in [1.54, 1.807) is 0 Å². The van der Waals surface area contributed by atoms with Gasteiger partial charge < -0.3 is 4.90 Å². The molecule has 0 aromatic heterocycles. The highest BCUT2D eigenvalue weighted by Crippen LogP contribution is 2.36. The van der Waals surface area contributed by atoms with E-state index in [2.05, 4.69) is 88.0 Å². The SMILES string of the molecule is Cc1ccc([C@H]2c3ccccc3CCN2C(=O)C[C@H](C)CC(C)(C)C)cc1. The van der Waals surface area contributed by atoms with Gasteiger partial charge in [-0.15, -0.1) is 0 Å². The van der Waals surface area contributed by atoms with Crippen LogP contribution in [0.4, 0.5) is 0 Å². The summed E-state index contributed by atoms with van der Waals surface area (Å²) in [6.07, 6.45) is 2.64. The lowest BCUT2D eigenvalue weighted by Crippen LogP contribution is -2.41. The van der Waals surface area contributed by atoms with Crippen LogP contribution >= 0.6 is 0 Å². The Labute approximate surface area is 164 Å². The summed E-state index contributed by atoms with van der Waals surface area (Å²) in [5.41, 5.74) is 5.37. The lowest BCUT2D eigenvalue weighted by Gasteiger charge is -2.38. The van der Waals surface area contributed by atoms with E-state index in [1.807, 2.05) is 0 Å². The monoisotopic (exact) mass is 363 g/mol. The van der Waals surface area contributed by atoms with Crippen molar-refractivity contribution in [1.82, 2.24) is 4.90 Å². The normalized spacial score (nSPS) is 18.1. The minimum Gasteiger partial charge on any atom is -0.331 e. The van der Waals surface area contributed by atoms with Crippen molar-refractivity contribution in [3.8, 4) is 0 Å². The van der Waals surface area contributed by atoms with E-state index in [9.17, 15) is 4.79 Å². The number of aryl methyl sites for hydroxylation is 1. The van der Waals surface area contributed by atoms with Crippen LogP contribution in [-0.2, 0) is 11.2 Å². The van der Waals surface area contributed by atoms with Crippen molar-refractivity contribution in [1.29, 1.82) is 0 Å². The van der Waals surface area contributed by atoms with E-state index < -0.39 is 0 Å². The van der Waals surface area contributed by atoms with Gasteiger partial charge >= 0.3 is 0 Å². The number of carbonyl (C=O) groups excluding carboxylic acids is 1. The third-order valence-electron chi connectivity index (χ3n) is 5.48. The van der Waals surface area contributed by atoms with Crippen LogP contribution in [0, 0.1) is 18.3 Å². The Morgan fingerprint density at radius 2 is 1.78 bits per heavy atom. The maximum absolute atomic E-state index is 13.3. The summed E-state index contributed by atoms with van der Waals surface area (Å²) in [5, 5.41) is 0. The Kier molecular flexibility index (Phi) is 5.74. The van der Waals surface area contributed by atoms with Crippen LogP contribution in [0.1, 0.15) is 68.8 Å². The molecule has 0 N–H and O–H groups in total. The summed E-state index contributed by atoms with van der Waals surface area (Å²) in [4.78, 5) is 15.4. The lowest BCUT2D eigenvalue weighted by molar-refractivity contribution is -0.134. The van der Waals surface area contributed by atoms with Crippen LogP contribution in [0.15, 0.2) is 48.5 Å². The van der Waals surface area contributed by atoms with Crippen molar-refractivity contribution < 1.29 is 4.79 Å². The molecule has 0 unspecified atom stereocenters. The van der Waals surface area contributed by atoms with Gasteiger partial charge in [0.2, 0.25) is 5.91 Å². The van der Waals surface area contributed by atoms with Gasteiger partial charge in [-0.1, -0.05) is 81.8 Å². The van der Waals surface area contributed by atoms with Crippen molar-refractivity contribution in [2.75, 3.05) is 6.54 Å². The smallest absolute Gasteiger partial charge is 0.223 e. The first-order chi connectivity index (χ1) is 12.7. The number of hydrogen-bond donors (Lipinski definition) is 0. The number of hydrogen-bond acceptors (Lipinski definition) is 1. The first kappa shape index (κ1) is 19.7. The molecule has 0 bridgehead atoms. The summed E-state index contributed by atoms with van der Waals surface area (Å²) in [7, 11) is 0. The zero-order chi connectivity index (χ0) is 19.6. The fraction of sp³-hybridized carbons (Fsp3) is 0.480. The first-order valence-corrected chi connectivity index (χ1v) is 10.2. The van der Waals surface area contributed by atoms with Gasteiger partial charge in [0.25, 0.3) is 0 Å². The molecule has 0 saturated heterocycles. The minimum atomic E-state index is 0.0323. The van der Waals surface area contributed by atoms with Crippen molar-refractivity contribution >= 4 is 5.91 Å². The predicted molar refractivity (Wildman–Crippen MR) is 113 cm³/mol. The highest BCUT2D eigenvalue weighted by atomic mass is 16.2. The number of benzene rings is 2. The van der Waals surface area contributed by atoms with Crippen LogP contribution in [0.3, 0.4) is 0 Å². The second-order valence-electron chi connectivity index (χ2n) is 9.42. The van der Waals surface area contributed by atoms with Crippen LogP contribution in [0.5, 0.6) is 0 Å². The van der Waals surface area contributed by atoms with Gasteiger partial charge in [0, 0.05) is 13.0 Å². The Bertz CT molecular complexity index is 785. The summed E-state index contributed by atoms with van der Waals surface area (Å²) >= 11 is 0. The van der Waals surface area contributed by atoms with Crippen LogP contribution in [0.25, 0.3) is 0 Å². The van der Waals surface area contributed by atoms with E-state index in [4.69, 9.17) is 0 Å². The summed E-state index contributed by atoms with van der Waals surface area (Å²) in [5.74, 6) is 0.681. The molecule has 0 fully saturated rings. The molecule has 2 aromatic carbocycles. The van der Waals surface area contributed by atoms with Gasteiger partial charge in [-0.05, 0) is 47.8 Å². The molecule has 2 heteroatoms. The van der Waals surface area contributed by atoms with Crippen molar-refractivity contribution in [3.05, 3.63) is 70.8 Å². The third kappa shape index (κ3) is 4.80. The molecular formula is C25H33NO. The lowest BCUT2D eigenvalue weighted by atomic mass is 9.83. The number of rotatable bonds is 4. The van der Waals surface area contributed by atoms with Gasteiger partial charge in [0.15, 0.2) is 0 Å². The third-order valence-corrected chi connectivity index (χ3v) is 5.48. The molecule has 0 aliphatic carbocycles. The van der Waals surface area contributed by atoms with Gasteiger partial charge in [-0.3, -0.25) is 4.79 Å². The Morgan fingerprint density at radius 3 is 2.44 bits per heavy atom. The van der Waals surface area contributed by atoms with Gasteiger partial charge in [0.1, 0.15) is 0 Å². The first-order valence-electron chi connectivity index (χ1n) is 10.2. The number of fused-ring (bicyclic) bond motifs is 1. The van der Waals surface area contributed by atoms with Crippen molar-refractivity contribution in [2.24, 2.45) is 11.3 Å². The molecule has 0 radical (unpaired) electrons. The Balaban J connectivity index is 1.89. The predicted octanol–water partition coefficient (Wildman–Crippen LogP) is 5.93. The second-order valence-corrected chi connectivity index (χ2v) is 9.42. The maximum Gasteiger partial charge on any atom is 0.223 e. The molecule has 144 valence electrons. The van der Waals surface area contributed by atoms with Gasteiger partial charge in [0.05, 0.1) is 6.04 Å². The molecule has 0 spiro atoms. The number of carbonyl (C=O) groups is 1. The largest absolute Gasteiger partial charge is 0.331 e. The highest BCUT2D eigenvalue weighted by molar-refractivity contribution is 5.78. The van der Waals surface area contributed by atoms with E-state index in [0.717, 1.165) is 19.4 Å². The average molecular weight is 364 g/mol. The zero-order valence-corrected chi connectivity index (χ0v) is 17.5. The Morgan fingerprint density at radius 1 is 1.11 bits per heavy atom. The van der Waals surface area contributed by atoms with E-state index in [-0.39, 0.29) is 17.4 Å². The highest BCUT2D eigenvalue weighted by Gasteiger charge is 2.32. The van der Waals surface area contributed by atoms with Crippen molar-refractivity contribution in [2.45, 2.75) is 59.9 Å². The molecule has 2 nitrogen and oxygen atoms in total. The maximum atomic E-state index is 13.3. The molecule has 2 aromatic rings. The number of nitrogens with zero attached hydrogens (tertiary/aromatic N) is 1. The molecule has 1 heterocycles. The fourth-order valence-electron chi connectivity index (χ4n) is 4.48. The Hall–Kier alpha value is -2.09. The molecule has 1 amide bonds. The number of amides is 1. The fourth-order valence-corrected chi connectivity index (χ4v) is 4.48. The van der Waals surface area contributed by atoms with E-state index >= 15 is 0 Å². The average Bonchev–Trinajstić information content (AvgIpc) is 2.59. The zero-order valence-electron chi connectivity index (χ0n) is 17.5. The molecular weight excluding hydrogens is 330 g/mol. The second kappa shape index (κ2) is 7.88. The van der Waals surface area contributed by atoms with Crippen LogP contribution in [0.2, 0.25) is 0 Å². The summed E-state index contributed by atoms with van der Waals surface area (Å²) in [6.45, 7) is 11.9. The minimum absolute atomic E-state index is 0.0323. The quantitative estimate of drug-likeness (QED) is 0.659. The van der Waals surface area contributed by atoms with Crippen LogP contribution < -0.4 is 0 Å². The topological polar surface area (TPSA) is 20.3 Å². The molecule has 2 atom stereocenters. The molecule has 0 saturated carbocycles. The van der Waals surface area contributed by atoms with E-state index in [0.29, 0.717) is 12.3 Å². The van der Waals surface area contributed by atoms with Crippen LogP contribution in [-0.4, -0.2) is 17.4 Å². The van der Waals surface area contributed by atoms with Gasteiger partial charge in [-0.25, -0.2) is 0 Å². The summed E-state index contributed by atoms with van der Waals surface area (Å²) < 4.78 is 0. The standard InChI is InChI=1S/C25H33NO/c1-18-10-12-21(13-11-18)24-22-9-7-6-8-20(22)14-15-26(24)23(27)16-19(2)17-25(3,4)5/h6-13,19,24H,14-17H2,1-5H3/t19-,24-/m0/s1. The molecule has 1 aliphatic heterocycles.